The molecule has 0 heteroatoms. The lowest BCUT2D eigenvalue weighted by Gasteiger charge is -2.26. The number of aryl methyl sites for hydroxylation is 2. The molecule has 136 valence electrons. The fourth-order valence-electron chi connectivity index (χ4n) is 5.08. The SMILES string of the molecule is CCCCC(CC)CC1=C2c3cc(C)ccc3-c3ccc(C)c(c32)CC1. The predicted molar refractivity (Wildman–Crippen MR) is 114 cm³/mol. The van der Waals surface area contributed by atoms with Crippen LogP contribution in [0, 0.1) is 19.8 Å². The molecule has 0 saturated heterocycles. The quantitative estimate of drug-likeness (QED) is 0.431. The maximum atomic E-state index is 2.43. The van der Waals surface area contributed by atoms with Gasteiger partial charge >= 0.3 is 0 Å². The summed E-state index contributed by atoms with van der Waals surface area (Å²) in [6.45, 7) is 9.22. The summed E-state index contributed by atoms with van der Waals surface area (Å²) in [5, 5.41) is 0. The van der Waals surface area contributed by atoms with E-state index in [1.165, 1.54) is 72.8 Å². The van der Waals surface area contributed by atoms with Gasteiger partial charge in [0.25, 0.3) is 0 Å². The summed E-state index contributed by atoms with van der Waals surface area (Å²) in [6, 6.07) is 11.8. The number of fused-ring (bicyclic) bond motifs is 3. The summed E-state index contributed by atoms with van der Waals surface area (Å²) in [5.74, 6) is 0.848. The van der Waals surface area contributed by atoms with Gasteiger partial charge in [-0.1, -0.05) is 81.0 Å². The lowest BCUT2D eigenvalue weighted by atomic mass is 9.79. The van der Waals surface area contributed by atoms with Gasteiger partial charge in [-0.2, -0.15) is 0 Å². The minimum absolute atomic E-state index is 0.848. The summed E-state index contributed by atoms with van der Waals surface area (Å²) in [7, 11) is 0. The molecule has 0 N–H and O–H groups in total. The zero-order valence-corrected chi connectivity index (χ0v) is 16.9. The van der Waals surface area contributed by atoms with Crippen molar-refractivity contribution in [1.29, 1.82) is 0 Å². The standard InChI is InChI=1S/C26H32/c1-5-7-8-19(6-2)16-20-11-14-21-18(4)10-13-23-22-12-9-17(3)15-24(22)25(20)26(21)23/h9-10,12-13,15,19H,5-8,11,14,16H2,1-4H3. The molecule has 0 amide bonds. The lowest BCUT2D eigenvalue weighted by molar-refractivity contribution is 0.443. The zero-order valence-electron chi connectivity index (χ0n) is 16.9. The maximum Gasteiger partial charge on any atom is -0.00645 e. The molecule has 2 aromatic rings. The van der Waals surface area contributed by atoms with Crippen LogP contribution in [-0.2, 0) is 6.42 Å². The molecule has 2 aromatic carbocycles. The zero-order chi connectivity index (χ0) is 18.3. The summed E-state index contributed by atoms with van der Waals surface area (Å²) in [6.07, 6.45) is 9.16. The first kappa shape index (κ1) is 17.6. The first-order chi connectivity index (χ1) is 12.6. The van der Waals surface area contributed by atoms with E-state index in [9.17, 15) is 0 Å². The third-order valence-electron chi connectivity index (χ3n) is 6.64. The number of hydrogen-bond donors (Lipinski definition) is 0. The minimum atomic E-state index is 0.848. The van der Waals surface area contributed by atoms with Crippen LogP contribution in [0.1, 0.15) is 80.2 Å². The Morgan fingerprint density at radius 3 is 2.50 bits per heavy atom. The Kier molecular flexibility index (Phi) is 4.78. The monoisotopic (exact) mass is 344 g/mol. The molecule has 2 aliphatic carbocycles. The highest BCUT2D eigenvalue weighted by molar-refractivity contribution is 6.04. The molecular weight excluding hydrogens is 312 g/mol. The summed E-state index contributed by atoms with van der Waals surface area (Å²) in [5.41, 5.74) is 13.8. The number of unbranched alkanes of at least 4 members (excludes halogenated alkanes) is 1. The van der Waals surface area contributed by atoms with Crippen LogP contribution in [0.3, 0.4) is 0 Å². The van der Waals surface area contributed by atoms with E-state index in [-0.39, 0.29) is 0 Å². The van der Waals surface area contributed by atoms with Crippen molar-refractivity contribution in [2.45, 2.75) is 72.6 Å². The number of rotatable bonds is 6. The van der Waals surface area contributed by atoms with Gasteiger partial charge in [0, 0.05) is 0 Å². The smallest absolute Gasteiger partial charge is 0.00645 e. The third kappa shape index (κ3) is 2.84. The van der Waals surface area contributed by atoms with Crippen molar-refractivity contribution >= 4 is 5.57 Å². The molecule has 0 saturated carbocycles. The number of hydrogen-bond acceptors (Lipinski definition) is 0. The first-order valence-electron chi connectivity index (χ1n) is 10.6. The van der Waals surface area contributed by atoms with Crippen molar-refractivity contribution in [3.8, 4) is 11.1 Å². The van der Waals surface area contributed by atoms with Gasteiger partial charge < -0.3 is 0 Å². The van der Waals surface area contributed by atoms with Crippen LogP contribution in [0.2, 0.25) is 0 Å². The maximum absolute atomic E-state index is 2.43. The van der Waals surface area contributed by atoms with Crippen LogP contribution in [0.5, 0.6) is 0 Å². The second kappa shape index (κ2) is 7.06. The van der Waals surface area contributed by atoms with Gasteiger partial charge in [0.1, 0.15) is 0 Å². The highest BCUT2D eigenvalue weighted by atomic mass is 14.4. The molecule has 0 fully saturated rings. The molecule has 2 aliphatic rings. The molecule has 1 atom stereocenters. The van der Waals surface area contributed by atoms with Crippen LogP contribution >= 0.6 is 0 Å². The van der Waals surface area contributed by atoms with Crippen LogP contribution in [0.15, 0.2) is 35.9 Å². The Balaban J connectivity index is 1.86. The van der Waals surface area contributed by atoms with E-state index in [0.29, 0.717) is 0 Å². The Bertz CT molecular complexity index is 866. The van der Waals surface area contributed by atoms with E-state index in [1.54, 1.807) is 22.3 Å². The molecule has 26 heavy (non-hydrogen) atoms. The average molecular weight is 345 g/mol. The van der Waals surface area contributed by atoms with Gasteiger partial charge in [0.15, 0.2) is 0 Å². The molecule has 0 bridgehead atoms. The van der Waals surface area contributed by atoms with Crippen LogP contribution < -0.4 is 0 Å². The summed E-state index contributed by atoms with van der Waals surface area (Å²) in [4.78, 5) is 0. The van der Waals surface area contributed by atoms with Crippen LogP contribution in [0.4, 0.5) is 0 Å². The van der Waals surface area contributed by atoms with Crippen molar-refractivity contribution in [3.05, 3.63) is 63.7 Å². The van der Waals surface area contributed by atoms with E-state index >= 15 is 0 Å². The molecule has 4 rings (SSSR count). The Morgan fingerprint density at radius 2 is 1.73 bits per heavy atom. The lowest BCUT2D eigenvalue weighted by Crippen LogP contribution is -2.10. The molecule has 0 spiro atoms. The van der Waals surface area contributed by atoms with Gasteiger partial charge in [-0.25, -0.2) is 0 Å². The van der Waals surface area contributed by atoms with Crippen molar-refractivity contribution < 1.29 is 0 Å². The average Bonchev–Trinajstić information content (AvgIpc) is 2.97. The van der Waals surface area contributed by atoms with Crippen molar-refractivity contribution in [2.75, 3.05) is 0 Å². The molecule has 1 unspecified atom stereocenters. The summed E-state index contributed by atoms with van der Waals surface area (Å²) < 4.78 is 0. The van der Waals surface area contributed by atoms with Gasteiger partial charge in [-0.15, -0.1) is 0 Å². The normalized spacial score (nSPS) is 15.8. The highest BCUT2D eigenvalue weighted by Crippen LogP contribution is 2.52. The largest absolute Gasteiger partial charge is 0.0654 e. The van der Waals surface area contributed by atoms with E-state index in [1.807, 2.05) is 0 Å². The van der Waals surface area contributed by atoms with Gasteiger partial charge in [-0.05, 0) is 78.0 Å². The molecule has 0 aliphatic heterocycles. The van der Waals surface area contributed by atoms with Gasteiger partial charge in [0.05, 0.1) is 0 Å². The third-order valence-corrected chi connectivity index (χ3v) is 6.64. The van der Waals surface area contributed by atoms with E-state index in [0.717, 1.165) is 5.92 Å². The Hall–Kier alpha value is -1.82. The van der Waals surface area contributed by atoms with E-state index in [4.69, 9.17) is 0 Å². The van der Waals surface area contributed by atoms with E-state index in [2.05, 4.69) is 58.0 Å². The Labute approximate surface area is 159 Å². The molecule has 0 radical (unpaired) electrons. The van der Waals surface area contributed by atoms with Gasteiger partial charge in [-0.3, -0.25) is 0 Å². The van der Waals surface area contributed by atoms with Crippen molar-refractivity contribution in [3.63, 3.8) is 0 Å². The number of allylic oxidation sites excluding steroid dienone is 1. The van der Waals surface area contributed by atoms with Crippen LogP contribution in [0.25, 0.3) is 16.7 Å². The Morgan fingerprint density at radius 1 is 0.923 bits per heavy atom. The topological polar surface area (TPSA) is 0 Å². The fourth-order valence-corrected chi connectivity index (χ4v) is 5.08. The highest BCUT2D eigenvalue weighted by Gasteiger charge is 2.32. The minimum Gasteiger partial charge on any atom is -0.0654 e. The van der Waals surface area contributed by atoms with Crippen molar-refractivity contribution in [1.82, 2.24) is 0 Å². The summed E-state index contributed by atoms with van der Waals surface area (Å²) >= 11 is 0. The van der Waals surface area contributed by atoms with Gasteiger partial charge in [0.2, 0.25) is 0 Å². The van der Waals surface area contributed by atoms with E-state index < -0.39 is 0 Å². The second-order valence-corrected chi connectivity index (χ2v) is 8.43. The van der Waals surface area contributed by atoms with Crippen molar-refractivity contribution in [2.24, 2.45) is 5.92 Å². The molecule has 0 nitrogen and oxygen atoms in total. The molecule has 0 heterocycles. The molecular formula is C26H32. The molecule has 0 aromatic heterocycles. The second-order valence-electron chi connectivity index (χ2n) is 8.43. The predicted octanol–water partition coefficient (Wildman–Crippen LogP) is 7.64. The first-order valence-corrected chi connectivity index (χ1v) is 10.6. The van der Waals surface area contributed by atoms with Crippen LogP contribution in [-0.4, -0.2) is 0 Å². The number of benzene rings is 2. The fraction of sp³-hybridized carbons (Fsp3) is 0.462.